The molecule has 2 amide bonds. The monoisotopic (exact) mass is 413 g/mol. The summed E-state index contributed by atoms with van der Waals surface area (Å²) in [6, 6.07) is 12.5. The number of ether oxygens (including phenoxy) is 1. The maximum atomic E-state index is 11.7. The van der Waals surface area contributed by atoms with Gasteiger partial charge in [0, 0.05) is 23.0 Å². The summed E-state index contributed by atoms with van der Waals surface area (Å²) in [4.78, 5) is 22.1. The van der Waals surface area contributed by atoms with Crippen molar-refractivity contribution in [1.29, 1.82) is 0 Å². The summed E-state index contributed by atoms with van der Waals surface area (Å²) in [5, 5.41) is 12.8. The minimum Gasteiger partial charge on any atom is -0.494 e. The quantitative estimate of drug-likeness (QED) is 0.135. The third-order valence-electron chi connectivity index (χ3n) is 4.10. The number of benzene rings is 2. The predicted molar refractivity (Wildman–Crippen MR) is 115 cm³/mol. The minimum atomic E-state index is -0.587. The first-order chi connectivity index (χ1) is 14.1. The van der Waals surface area contributed by atoms with Gasteiger partial charge in [0.2, 0.25) is 6.41 Å². The van der Waals surface area contributed by atoms with Gasteiger partial charge in [-0.15, -0.1) is 12.6 Å². The number of hydroxylamine groups is 1. The van der Waals surface area contributed by atoms with E-state index >= 15 is 0 Å². The van der Waals surface area contributed by atoms with Gasteiger partial charge < -0.3 is 15.8 Å². The van der Waals surface area contributed by atoms with E-state index in [1.54, 1.807) is 29.8 Å². The van der Waals surface area contributed by atoms with Crippen LogP contribution in [0.3, 0.4) is 0 Å². The van der Waals surface area contributed by atoms with Gasteiger partial charge in [-0.1, -0.05) is 18.2 Å². The molecule has 0 aliphatic rings. The molecule has 2 aromatic carbocycles. The average Bonchev–Trinajstić information content (AvgIpc) is 2.76. The van der Waals surface area contributed by atoms with E-state index in [0.29, 0.717) is 42.9 Å². The molecule has 0 unspecified atom stereocenters. The second kappa shape index (κ2) is 11.6. The summed E-state index contributed by atoms with van der Waals surface area (Å²) in [5.41, 5.74) is 10.9. The summed E-state index contributed by atoms with van der Waals surface area (Å²) in [5.74, 6) is 0.111. The lowest BCUT2D eigenvalue weighted by atomic mass is 9.99. The summed E-state index contributed by atoms with van der Waals surface area (Å²) < 4.78 is 5.80. The van der Waals surface area contributed by atoms with Crippen molar-refractivity contribution >= 4 is 36.7 Å². The predicted octanol–water partition coefficient (Wildman–Crippen LogP) is 2.72. The maximum absolute atomic E-state index is 11.7. The van der Waals surface area contributed by atoms with Gasteiger partial charge in [-0.25, -0.2) is 5.48 Å². The van der Waals surface area contributed by atoms with E-state index in [-0.39, 0.29) is 0 Å². The number of carbonyl (C=O) groups excluding carboxylic acids is 2. The van der Waals surface area contributed by atoms with Gasteiger partial charge in [-0.2, -0.15) is 0 Å². The molecule has 0 atom stereocenters. The lowest BCUT2D eigenvalue weighted by molar-refractivity contribution is -0.108. The number of amides is 2. The number of rotatable bonds is 10. The molecule has 2 rings (SSSR count). The molecule has 0 saturated heterocycles. The van der Waals surface area contributed by atoms with Crippen LogP contribution in [0, 0.1) is 0 Å². The van der Waals surface area contributed by atoms with Gasteiger partial charge in [-0.05, 0) is 59.7 Å². The van der Waals surface area contributed by atoms with Crippen LogP contribution in [0.4, 0.5) is 0 Å². The van der Waals surface area contributed by atoms with Gasteiger partial charge in [0.15, 0.2) is 0 Å². The molecule has 7 nitrogen and oxygen atoms in total. The highest BCUT2D eigenvalue weighted by Gasteiger charge is 2.08. The van der Waals surface area contributed by atoms with Crippen LogP contribution in [0.15, 0.2) is 54.1 Å². The highest BCUT2D eigenvalue weighted by molar-refractivity contribution is 7.83. The van der Waals surface area contributed by atoms with E-state index in [2.05, 4.69) is 17.9 Å². The standard InChI is InChI=1S/C21H23N3O4S/c22-20(13-29)17-3-1-5-19(12-17)28-10-2-4-16-11-18(21(26)24-27)7-6-15(16)8-9-23-14-25/h1,3,5-9,11-14,27,29H,2,4,10,22H2,(H,23,25)(H,24,26)/b9-8-,20-13-. The molecule has 152 valence electrons. The number of carbonyl (C=O) groups is 2. The van der Waals surface area contributed by atoms with Gasteiger partial charge in [0.05, 0.1) is 6.61 Å². The fourth-order valence-electron chi connectivity index (χ4n) is 2.66. The van der Waals surface area contributed by atoms with Crippen molar-refractivity contribution in [3.63, 3.8) is 0 Å². The van der Waals surface area contributed by atoms with Crippen LogP contribution in [-0.2, 0) is 11.2 Å². The molecule has 0 fully saturated rings. The molecule has 0 aliphatic heterocycles. The zero-order valence-corrected chi connectivity index (χ0v) is 16.6. The molecule has 2 aromatic rings. The van der Waals surface area contributed by atoms with E-state index in [0.717, 1.165) is 16.7 Å². The SMILES string of the molecule is N/C(=C\S)c1cccc(OCCCc2cc(C(=O)NO)ccc2/C=C\NC=O)c1. The van der Waals surface area contributed by atoms with Gasteiger partial charge in [-0.3, -0.25) is 14.8 Å². The van der Waals surface area contributed by atoms with Crippen LogP contribution in [-0.4, -0.2) is 24.1 Å². The molecule has 0 aliphatic carbocycles. The molecule has 0 bridgehead atoms. The normalized spacial score (nSPS) is 11.3. The third kappa shape index (κ3) is 6.70. The van der Waals surface area contributed by atoms with E-state index in [9.17, 15) is 9.59 Å². The fraction of sp³-hybridized carbons (Fsp3) is 0.143. The second-order valence-electron chi connectivity index (χ2n) is 6.04. The molecule has 0 spiro atoms. The molecular formula is C21H23N3O4S. The topological polar surface area (TPSA) is 114 Å². The molecular weight excluding hydrogens is 390 g/mol. The molecule has 0 aromatic heterocycles. The van der Waals surface area contributed by atoms with Crippen molar-refractivity contribution in [2.75, 3.05) is 6.61 Å². The van der Waals surface area contributed by atoms with Crippen molar-refractivity contribution in [3.05, 3.63) is 76.3 Å². The van der Waals surface area contributed by atoms with Crippen molar-refractivity contribution in [1.82, 2.24) is 10.8 Å². The lowest BCUT2D eigenvalue weighted by Gasteiger charge is -2.11. The Labute approximate surface area is 174 Å². The first-order valence-electron chi connectivity index (χ1n) is 8.85. The molecule has 0 heterocycles. The van der Waals surface area contributed by atoms with Gasteiger partial charge in [0.25, 0.3) is 5.91 Å². The van der Waals surface area contributed by atoms with Crippen LogP contribution in [0.2, 0.25) is 0 Å². The van der Waals surface area contributed by atoms with Crippen LogP contribution >= 0.6 is 12.6 Å². The van der Waals surface area contributed by atoms with Crippen LogP contribution in [0.1, 0.15) is 33.5 Å². The Morgan fingerprint density at radius 2 is 2.03 bits per heavy atom. The summed E-state index contributed by atoms with van der Waals surface area (Å²) in [7, 11) is 0. The largest absolute Gasteiger partial charge is 0.494 e. The first-order valence-corrected chi connectivity index (χ1v) is 9.37. The number of nitrogens with two attached hydrogens (primary N) is 1. The van der Waals surface area contributed by atoms with Crippen LogP contribution in [0.25, 0.3) is 11.8 Å². The number of hydrogen-bond donors (Lipinski definition) is 5. The summed E-state index contributed by atoms with van der Waals surface area (Å²) in [6.07, 6.45) is 5.14. The van der Waals surface area contributed by atoms with E-state index in [1.807, 2.05) is 24.3 Å². The maximum Gasteiger partial charge on any atom is 0.274 e. The molecule has 8 heteroatoms. The Bertz CT molecular complexity index is 913. The summed E-state index contributed by atoms with van der Waals surface area (Å²) >= 11 is 4.06. The summed E-state index contributed by atoms with van der Waals surface area (Å²) in [6.45, 7) is 0.458. The van der Waals surface area contributed by atoms with Crippen molar-refractivity contribution in [2.24, 2.45) is 5.73 Å². The zero-order chi connectivity index (χ0) is 21.1. The highest BCUT2D eigenvalue weighted by atomic mass is 32.1. The average molecular weight is 413 g/mol. The molecule has 29 heavy (non-hydrogen) atoms. The van der Waals surface area contributed by atoms with Gasteiger partial charge in [0.1, 0.15) is 5.75 Å². The van der Waals surface area contributed by atoms with Crippen LogP contribution in [0.5, 0.6) is 5.75 Å². The smallest absolute Gasteiger partial charge is 0.274 e. The molecule has 0 saturated carbocycles. The zero-order valence-electron chi connectivity index (χ0n) is 15.7. The Balaban J connectivity index is 2.04. The minimum absolute atomic E-state index is 0.339. The van der Waals surface area contributed by atoms with Gasteiger partial charge >= 0.3 is 0 Å². The van der Waals surface area contributed by atoms with Crippen molar-refractivity contribution in [2.45, 2.75) is 12.8 Å². The second-order valence-corrected chi connectivity index (χ2v) is 6.29. The Morgan fingerprint density at radius 1 is 1.21 bits per heavy atom. The first kappa shape index (κ1) is 22.1. The highest BCUT2D eigenvalue weighted by Crippen LogP contribution is 2.19. The Morgan fingerprint density at radius 3 is 2.76 bits per heavy atom. The van der Waals surface area contributed by atoms with E-state index in [4.69, 9.17) is 15.7 Å². The van der Waals surface area contributed by atoms with Crippen LogP contribution < -0.4 is 21.3 Å². The number of nitrogens with one attached hydrogen (secondary N) is 2. The molecule has 5 N–H and O–H groups in total. The fourth-order valence-corrected chi connectivity index (χ4v) is 2.81. The number of hydrogen-bond acceptors (Lipinski definition) is 6. The molecule has 0 radical (unpaired) electrons. The van der Waals surface area contributed by atoms with Crippen molar-refractivity contribution < 1.29 is 19.5 Å². The Kier molecular flexibility index (Phi) is 8.81. The van der Waals surface area contributed by atoms with Crippen molar-refractivity contribution in [3.8, 4) is 5.75 Å². The van der Waals surface area contributed by atoms with E-state index < -0.39 is 5.91 Å². The number of thiol groups is 1. The number of aryl methyl sites for hydroxylation is 1. The third-order valence-corrected chi connectivity index (χ3v) is 4.38. The lowest BCUT2D eigenvalue weighted by Crippen LogP contribution is -2.18. The Hall–Kier alpha value is -3.23. The van der Waals surface area contributed by atoms with E-state index in [1.165, 1.54) is 11.6 Å².